The molecule has 3 N–H and O–H groups in total. The van der Waals surface area contributed by atoms with Crippen molar-refractivity contribution in [2.45, 2.75) is 125 Å². The van der Waals surface area contributed by atoms with E-state index in [0.717, 1.165) is 29.7 Å². The largest absolute Gasteiger partial charge is 0.444 e. The molecule has 0 saturated carbocycles. The van der Waals surface area contributed by atoms with Crippen molar-refractivity contribution in [2.24, 2.45) is 0 Å². The quantitative estimate of drug-likeness (QED) is 0.114. The molecular weight excluding hydrogens is 1150 g/mol. The molecule has 0 radical (unpaired) electrons. The van der Waals surface area contributed by atoms with E-state index in [9.17, 15) is 31.2 Å². The van der Waals surface area contributed by atoms with Crippen molar-refractivity contribution in [3.63, 3.8) is 0 Å². The first-order valence-electron chi connectivity index (χ1n) is 28.3. The average molecular weight is 1220 g/mol. The van der Waals surface area contributed by atoms with Crippen molar-refractivity contribution in [1.29, 1.82) is 0 Å². The molecule has 0 aliphatic carbocycles. The molecule has 0 bridgehead atoms. The summed E-state index contributed by atoms with van der Waals surface area (Å²) in [5, 5.41) is 10.3. The number of sulfone groups is 2. The van der Waals surface area contributed by atoms with Gasteiger partial charge in [-0.3, -0.25) is 0 Å². The van der Waals surface area contributed by atoms with Crippen LogP contribution in [0.5, 0.6) is 0 Å². The van der Waals surface area contributed by atoms with Crippen LogP contribution in [0.2, 0.25) is 0 Å². The first-order valence-corrected chi connectivity index (χ1v) is 31.4. The van der Waals surface area contributed by atoms with E-state index in [1.165, 1.54) is 23.2 Å². The summed E-state index contributed by atoms with van der Waals surface area (Å²) < 4.78 is 81.3. The van der Waals surface area contributed by atoms with Gasteiger partial charge in [-0.1, -0.05) is 95.2 Å². The molecular formula is C63H70N10O12S2. The van der Waals surface area contributed by atoms with Crippen LogP contribution < -0.4 is 16.0 Å². The molecule has 2 saturated heterocycles. The number of rotatable bonds is 11. The molecule has 6 heterocycles. The number of likely N-dealkylation sites (tertiary alicyclic amines) is 1. The first kappa shape index (κ1) is 62.7. The number of benzene rings is 4. The Kier molecular flexibility index (Phi) is 18.4. The third kappa shape index (κ3) is 15.4. The van der Waals surface area contributed by atoms with E-state index in [4.69, 9.17) is 34.0 Å². The van der Waals surface area contributed by atoms with Crippen molar-refractivity contribution in [1.82, 2.24) is 40.5 Å². The highest BCUT2D eigenvalue weighted by Crippen LogP contribution is 2.36. The predicted molar refractivity (Wildman–Crippen MR) is 327 cm³/mol. The van der Waals surface area contributed by atoms with Gasteiger partial charge in [0, 0.05) is 54.0 Å². The van der Waals surface area contributed by atoms with Gasteiger partial charge in [0.05, 0.1) is 44.1 Å². The van der Waals surface area contributed by atoms with Gasteiger partial charge in [-0.15, -0.1) is 0 Å². The molecule has 2 aliphatic rings. The molecule has 2 atom stereocenters. The van der Waals surface area contributed by atoms with E-state index < -0.39 is 65.3 Å². The second-order valence-electron chi connectivity index (χ2n) is 23.9. The molecule has 8 aromatic rings. The number of carbonyl (C=O) groups is 3. The maximum Gasteiger partial charge on any atom is 0.425 e. The Bertz CT molecular complexity index is 3940. The highest BCUT2D eigenvalue weighted by atomic mass is 32.2. The monoisotopic (exact) mass is 1220 g/mol. The Balaban J connectivity index is 0.000000232. The molecule has 2 aliphatic heterocycles. The number of imide groups is 1. The van der Waals surface area contributed by atoms with E-state index in [1.54, 1.807) is 117 Å². The van der Waals surface area contributed by atoms with E-state index in [0.29, 0.717) is 76.2 Å². The number of aromatic nitrogens is 6. The van der Waals surface area contributed by atoms with Gasteiger partial charge in [0.2, 0.25) is 0 Å². The fourth-order valence-corrected chi connectivity index (χ4v) is 12.9. The number of amides is 3. The topological polar surface area (TPSA) is 295 Å². The lowest BCUT2D eigenvalue weighted by atomic mass is 10.1. The van der Waals surface area contributed by atoms with Crippen molar-refractivity contribution in [2.75, 3.05) is 36.8 Å². The second kappa shape index (κ2) is 25.6. The fraction of sp³-hybridized carbons (Fsp3) is 0.349. The van der Waals surface area contributed by atoms with Crippen LogP contribution in [-0.2, 0) is 33.9 Å². The molecule has 0 spiro atoms. The van der Waals surface area contributed by atoms with E-state index in [1.807, 2.05) is 60.7 Å². The Morgan fingerprint density at radius 3 is 1.51 bits per heavy atom. The fourth-order valence-electron chi connectivity index (χ4n) is 9.48. The van der Waals surface area contributed by atoms with E-state index in [2.05, 4.69) is 30.6 Å². The summed E-state index contributed by atoms with van der Waals surface area (Å²) in [6, 6.07) is 35.1. The lowest BCUT2D eigenvalue weighted by Crippen LogP contribution is -2.47. The highest BCUT2D eigenvalue weighted by Gasteiger charge is 2.39. The molecule has 2 fully saturated rings. The van der Waals surface area contributed by atoms with Crippen molar-refractivity contribution in [3.8, 4) is 67.9 Å². The van der Waals surface area contributed by atoms with Crippen LogP contribution in [-0.4, -0.2) is 124 Å². The molecule has 87 heavy (non-hydrogen) atoms. The number of nitrogens with one attached hydrogen (secondary N) is 1. The minimum atomic E-state index is -3.83. The molecule has 10 rings (SSSR count). The van der Waals surface area contributed by atoms with Gasteiger partial charge in [-0.05, 0) is 119 Å². The normalized spacial score (nSPS) is 15.8. The number of ether oxygens (including phenoxy) is 3. The van der Waals surface area contributed by atoms with Crippen molar-refractivity contribution >= 4 is 49.6 Å². The maximum atomic E-state index is 13.8. The molecule has 4 aromatic heterocycles. The third-order valence-corrected chi connectivity index (χ3v) is 18.1. The standard InChI is InChI=1S/C39H47N5O9S.C24H23N5O3S/c1-37(2,3)50-34(45)43-21-13-16-28(24-43)54(48,49)27-19-17-26(18-20-27)30-23-40-33(44(35(46)51-38(4,5)6)36(47)52-39(7,8)9)32(41-30)31-22-29(42-53-31)25-14-11-10-12-15-25;25-24-23(22-13-20(29-32-22)16-5-2-1-3-6-16)28-21(15-27-24)17-8-10-18(11-9-17)33(30,31)19-7-4-12-26-14-19/h10-12,14-15,17-20,22-23,28H,13,16,21,24H2,1-9H3;1-3,5-6,8-11,13,15,19,26H,4,7,12,14H2,(H2,25,27). The van der Waals surface area contributed by atoms with Crippen LogP contribution in [0.3, 0.4) is 0 Å². The highest BCUT2D eigenvalue weighted by molar-refractivity contribution is 7.92. The number of carbonyl (C=O) groups excluding carboxylic acids is 3. The van der Waals surface area contributed by atoms with Gasteiger partial charge >= 0.3 is 18.3 Å². The summed E-state index contributed by atoms with van der Waals surface area (Å²) in [4.78, 5) is 60.7. The Morgan fingerprint density at radius 1 is 0.575 bits per heavy atom. The number of hydrogen-bond acceptors (Lipinski definition) is 20. The van der Waals surface area contributed by atoms with Gasteiger partial charge in [-0.25, -0.2) is 51.2 Å². The molecule has 22 nitrogen and oxygen atoms in total. The zero-order chi connectivity index (χ0) is 62.5. The lowest BCUT2D eigenvalue weighted by molar-refractivity contribution is 0.0217. The zero-order valence-corrected chi connectivity index (χ0v) is 51.5. The Labute approximate surface area is 505 Å². The number of anilines is 2. The minimum absolute atomic E-state index is 0.0171. The second-order valence-corrected chi connectivity index (χ2v) is 28.4. The van der Waals surface area contributed by atoms with Crippen molar-refractivity contribution in [3.05, 3.63) is 134 Å². The smallest absolute Gasteiger partial charge is 0.425 e. The Hall–Kier alpha value is -8.87. The van der Waals surface area contributed by atoms with Gasteiger partial charge in [0.15, 0.2) is 54.2 Å². The summed E-state index contributed by atoms with van der Waals surface area (Å²) in [6.07, 6.45) is 2.70. The van der Waals surface area contributed by atoms with Crippen molar-refractivity contribution < 1.29 is 54.5 Å². The molecule has 2 unspecified atom stereocenters. The zero-order valence-electron chi connectivity index (χ0n) is 49.9. The number of nitrogen functional groups attached to an aromatic ring is 1. The summed E-state index contributed by atoms with van der Waals surface area (Å²) >= 11 is 0. The number of nitrogens with zero attached hydrogens (tertiary/aromatic N) is 8. The van der Waals surface area contributed by atoms with Crippen LogP contribution in [0.4, 0.5) is 26.0 Å². The molecule has 456 valence electrons. The average Bonchev–Trinajstić information content (AvgIpc) is 3.97. The van der Waals surface area contributed by atoms with E-state index >= 15 is 0 Å². The number of hydrogen-bond donors (Lipinski definition) is 2. The van der Waals surface area contributed by atoms with Crippen LogP contribution in [0.25, 0.3) is 67.9 Å². The third-order valence-electron chi connectivity index (χ3n) is 13.7. The molecule has 4 aromatic carbocycles. The SMILES string of the molecule is CC(C)(C)OC(=O)N1CCCC(S(=O)(=O)c2ccc(-c3cnc(N(C(=O)OC(C)(C)C)C(=O)OC(C)(C)C)c(-c4cc(-c5ccccc5)no4)n3)cc2)C1.Nc1ncc(-c2ccc(S(=O)(=O)C3CCCNC3)cc2)nc1-c1cc(-c2ccccc2)no1. The molecule has 24 heteroatoms. The van der Waals surface area contributed by atoms with E-state index in [-0.39, 0.29) is 40.2 Å². The molecule has 3 amide bonds. The Morgan fingerprint density at radius 2 is 1.02 bits per heavy atom. The van der Waals surface area contributed by atoms with Gasteiger partial charge in [0.25, 0.3) is 0 Å². The van der Waals surface area contributed by atoms with Crippen LogP contribution in [0.15, 0.2) is 153 Å². The van der Waals surface area contributed by atoms with Gasteiger partial charge in [-0.2, -0.15) is 4.90 Å². The van der Waals surface area contributed by atoms with Crippen LogP contribution in [0.1, 0.15) is 88.0 Å². The number of nitrogens with two attached hydrogens (primary N) is 1. The summed E-state index contributed by atoms with van der Waals surface area (Å²) in [6.45, 7) is 17.0. The first-order chi connectivity index (χ1) is 41.1. The van der Waals surface area contributed by atoms with Crippen LogP contribution in [0, 0.1) is 0 Å². The van der Waals surface area contributed by atoms with Gasteiger partial charge in [0.1, 0.15) is 28.2 Å². The van der Waals surface area contributed by atoms with Crippen LogP contribution >= 0.6 is 0 Å². The summed E-state index contributed by atoms with van der Waals surface area (Å²) in [5.41, 5.74) is 8.59. The number of piperidine rings is 2. The predicted octanol–water partition coefficient (Wildman–Crippen LogP) is 11.9. The van der Waals surface area contributed by atoms with Gasteiger partial charge < -0.3 is 39.2 Å². The lowest BCUT2D eigenvalue weighted by Gasteiger charge is -2.33. The minimum Gasteiger partial charge on any atom is -0.444 e. The summed E-state index contributed by atoms with van der Waals surface area (Å²) in [5.74, 6) is 0.480. The summed E-state index contributed by atoms with van der Waals surface area (Å²) in [7, 11) is -7.22. The maximum absolute atomic E-state index is 13.8.